The highest BCUT2D eigenvalue weighted by atomic mass is 16.5. The SMILES string of the molecule is CC1(C)C#CC(=O)C2CC3C=CC2(C1)O3. The monoisotopic (exact) mass is 202 g/mol. The number of carbonyl (C=O) groups excluding carboxylic acids is 1. The summed E-state index contributed by atoms with van der Waals surface area (Å²) in [6.07, 6.45) is 5.97. The van der Waals surface area contributed by atoms with E-state index in [1.54, 1.807) is 0 Å². The minimum atomic E-state index is -0.359. The van der Waals surface area contributed by atoms with Crippen molar-refractivity contribution in [2.75, 3.05) is 0 Å². The molecular weight excluding hydrogens is 188 g/mol. The summed E-state index contributed by atoms with van der Waals surface area (Å²) in [6.45, 7) is 4.15. The number of rotatable bonds is 0. The summed E-state index contributed by atoms with van der Waals surface area (Å²) < 4.78 is 5.94. The van der Waals surface area contributed by atoms with E-state index in [0.717, 1.165) is 12.8 Å². The number of carbonyl (C=O) groups is 1. The van der Waals surface area contributed by atoms with Crippen LogP contribution in [-0.2, 0) is 9.53 Å². The van der Waals surface area contributed by atoms with Gasteiger partial charge in [0.25, 0.3) is 0 Å². The molecule has 1 aliphatic carbocycles. The lowest BCUT2D eigenvalue weighted by molar-refractivity contribution is -0.121. The first kappa shape index (κ1) is 9.18. The number of ether oxygens (including phenoxy) is 1. The van der Waals surface area contributed by atoms with Gasteiger partial charge in [0, 0.05) is 5.41 Å². The Morgan fingerprint density at radius 2 is 2.33 bits per heavy atom. The van der Waals surface area contributed by atoms with Crippen LogP contribution in [0.1, 0.15) is 26.7 Å². The summed E-state index contributed by atoms with van der Waals surface area (Å²) in [6, 6.07) is 0. The minimum absolute atomic E-state index is 0.0261. The molecule has 1 spiro atoms. The van der Waals surface area contributed by atoms with E-state index in [-0.39, 0.29) is 28.8 Å². The highest BCUT2D eigenvalue weighted by molar-refractivity contribution is 5.99. The van der Waals surface area contributed by atoms with E-state index in [1.165, 1.54) is 0 Å². The molecule has 2 nitrogen and oxygen atoms in total. The molecule has 3 unspecified atom stereocenters. The first-order valence-electron chi connectivity index (χ1n) is 5.45. The number of hydrogen-bond acceptors (Lipinski definition) is 2. The third-order valence-corrected chi connectivity index (χ3v) is 3.58. The van der Waals surface area contributed by atoms with Crippen LogP contribution in [0.5, 0.6) is 0 Å². The molecule has 2 aliphatic heterocycles. The number of ketones is 1. The predicted octanol–water partition coefficient (Wildman–Crippen LogP) is 1.70. The second kappa shape index (κ2) is 2.54. The number of Topliss-reactive ketones (excluding diaryl/α,β-unsaturated/α-hetero) is 1. The molecule has 3 atom stereocenters. The zero-order chi connectivity index (χ0) is 10.7. The lowest BCUT2D eigenvalue weighted by Gasteiger charge is -2.32. The van der Waals surface area contributed by atoms with Gasteiger partial charge in [0.05, 0.1) is 17.6 Å². The van der Waals surface area contributed by atoms with Crippen LogP contribution in [0.2, 0.25) is 0 Å². The van der Waals surface area contributed by atoms with Gasteiger partial charge in [0.1, 0.15) is 0 Å². The van der Waals surface area contributed by atoms with Crippen LogP contribution in [0, 0.1) is 23.2 Å². The van der Waals surface area contributed by atoms with Gasteiger partial charge in [-0.3, -0.25) is 4.79 Å². The van der Waals surface area contributed by atoms with E-state index in [4.69, 9.17) is 4.74 Å². The fourth-order valence-electron chi connectivity index (χ4n) is 2.99. The van der Waals surface area contributed by atoms with Gasteiger partial charge in [-0.25, -0.2) is 0 Å². The highest BCUT2D eigenvalue weighted by Gasteiger charge is 2.55. The molecule has 0 radical (unpaired) electrons. The fraction of sp³-hybridized carbons (Fsp3) is 0.615. The maximum atomic E-state index is 11.9. The lowest BCUT2D eigenvalue weighted by Crippen LogP contribution is -2.38. The topological polar surface area (TPSA) is 26.3 Å². The fourth-order valence-corrected chi connectivity index (χ4v) is 2.99. The normalized spacial score (nSPS) is 44.5. The van der Waals surface area contributed by atoms with Crippen molar-refractivity contribution >= 4 is 5.78 Å². The van der Waals surface area contributed by atoms with Crippen molar-refractivity contribution in [3.8, 4) is 11.8 Å². The van der Waals surface area contributed by atoms with Gasteiger partial charge in [-0.2, -0.15) is 0 Å². The average molecular weight is 202 g/mol. The summed E-state index contributed by atoms with van der Waals surface area (Å²) >= 11 is 0. The molecule has 78 valence electrons. The van der Waals surface area contributed by atoms with E-state index in [1.807, 2.05) is 0 Å². The van der Waals surface area contributed by atoms with Crippen molar-refractivity contribution in [2.45, 2.75) is 38.4 Å². The van der Waals surface area contributed by atoms with Crippen molar-refractivity contribution < 1.29 is 9.53 Å². The van der Waals surface area contributed by atoms with Gasteiger partial charge in [-0.15, -0.1) is 0 Å². The Morgan fingerprint density at radius 1 is 1.53 bits per heavy atom. The van der Waals surface area contributed by atoms with E-state index in [2.05, 4.69) is 37.8 Å². The summed E-state index contributed by atoms with van der Waals surface area (Å²) in [5.41, 5.74) is -0.490. The van der Waals surface area contributed by atoms with Gasteiger partial charge < -0.3 is 4.74 Å². The predicted molar refractivity (Wildman–Crippen MR) is 56.0 cm³/mol. The molecule has 0 amide bonds. The summed E-state index contributed by atoms with van der Waals surface area (Å²) in [5.74, 6) is 5.88. The Morgan fingerprint density at radius 3 is 3.07 bits per heavy atom. The Bertz CT molecular complexity index is 422. The molecule has 0 aromatic carbocycles. The Kier molecular flexibility index (Phi) is 1.55. The van der Waals surface area contributed by atoms with Crippen LogP contribution >= 0.6 is 0 Å². The number of hydrogen-bond donors (Lipinski definition) is 0. The van der Waals surface area contributed by atoms with Gasteiger partial charge in [0.2, 0.25) is 5.78 Å². The summed E-state index contributed by atoms with van der Waals surface area (Å²) in [5, 5.41) is 0. The summed E-state index contributed by atoms with van der Waals surface area (Å²) in [7, 11) is 0. The van der Waals surface area contributed by atoms with Gasteiger partial charge in [0.15, 0.2) is 0 Å². The quantitative estimate of drug-likeness (QED) is 0.339. The van der Waals surface area contributed by atoms with Gasteiger partial charge in [-0.1, -0.05) is 18.1 Å². The maximum absolute atomic E-state index is 11.9. The third-order valence-electron chi connectivity index (χ3n) is 3.58. The summed E-state index contributed by atoms with van der Waals surface area (Å²) in [4.78, 5) is 11.9. The van der Waals surface area contributed by atoms with Gasteiger partial charge >= 0.3 is 0 Å². The Labute approximate surface area is 89.7 Å². The minimum Gasteiger partial charge on any atom is -0.363 e. The van der Waals surface area contributed by atoms with E-state index < -0.39 is 0 Å². The zero-order valence-electron chi connectivity index (χ0n) is 9.04. The van der Waals surface area contributed by atoms with E-state index >= 15 is 0 Å². The van der Waals surface area contributed by atoms with Crippen molar-refractivity contribution in [1.82, 2.24) is 0 Å². The van der Waals surface area contributed by atoms with Crippen LogP contribution in [-0.4, -0.2) is 17.5 Å². The molecule has 2 bridgehead atoms. The maximum Gasteiger partial charge on any atom is 0.211 e. The second-order valence-corrected chi connectivity index (χ2v) is 5.43. The standard InChI is InChI=1S/C13H14O2/c1-12(2)5-4-11(14)10-7-9-3-6-13(10,8-12)15-9/h3,6,9-10H,7-8H2,1-2H3. The molecule has 3 aliphatic rings. The molecule has 15 heavy (non-hydrogen) atoms. The largest absolute Gasteiger partial charge is 0.363 e. The molecule has 2 heteroatoms. The first-order chi connectivity index (χ1) is 7.01. The molecular formula is C13H14O2. The average Bonchev–Trinajstić information content (AvgIpc) is 2.66. The Hall–Kier alpha value is -1.07. The molecule has 2 heterocycles. The lowest BCUT2D eigenvalue weighted by atomic mass is 9.73. The van der Waals surface area contributed by atoms with Crippen LogP contribution < -0.4 is 0 Å². The van der Waals surface area contributed by atoms with E-state index in [9.17, 15) is 4.79 Å². The van der Waals surface area contributed by atoms with Crippen LogP contribution in [0.3, 0.4) is 0 Å². The molecule has 1 fully saturated rings. The van der Waals surface area contributed by atoms with E-state index in [0.29, 0.717) is 0 Å². The highest BCUT2D eigenvalue weighted by Crippen LogP contribution is 2.50. The third kappa shape index (κ3) is 1.20. The number of fused-ring (bicyclic) bond motifs is 1. The molecule has 0 aromatic heterocycles. The zero-order valence-corrected chi connectivity index (χ0v) is 9.04. The van der Waals surface area contributed by atoms with Crippen molar-refractivity contribution in [1.29, 1.82) is 0 Å². The van der Waals surface area contributed by atoms with Crippen LogP contribution in [0.25, 0.3) is 0 Å². The molecule has 0 N–H and O–H groups in total. The molecule has 0 aromatic rings. The molecule has 0 saturated carbocycles. The van der Waals surface area contributed by atoms with Crippen molar-refractivity contribution in [2.24, 2.45) is 11.3 Å². The van der Waals surface area contributed by atoms with Crippen molar-refractivity contribution in [3.05, 3.63) is 12.2 Å². The Balaban J connectivity index is 2.08. The van der Waals surface area contributed by atoms with Crippen LogP contribution in [0.15, 0.2) is 12.2 Å². The molecule has 3 rings (SSSR count). The van der Waals surface area contributed by atoms with Crippen molar-refractivity contribution in [3.63, 3.8) is 0 Å². The van der Waals surface area contributed by atoms with Gasteiger partial charge in [-0.05, 0) is 32.6 Å². The smallest absolute Gasteiger partial charge is 0.211 e. The van der Waals surface area contributed by atoms with Crippen LogP contribution in [0.4, 0.5) is 0 Å². The second-order valence-electron chi connectivity index (χ2n) is 5.43. The molecule has 1 saturated heterocycles. The first-order valence-corrected chi connectivity index (χ1v) is 5.45.